The molecule has 1 aliphatic rings. The van der Waals surface area contributed by atoms with Gasteiger partial charge in [-0.1, -0.05) is 27.5 Å². The summed E-state index contributed by atoms with van der Waals surface area (Å²) < 4.78 is 11.1. The zero-order valence-electron chi connectivity index (χ0n) is 9.87. The van der Waals surface area contributed by atoms with Gasteiger partial charge in [0.05, 0.1) is 17.7 Å². The molecular weight excluding hydrogens is 316 g/mol. The van der Waals surface area contributed by atoms with Crippen molar-refractivity contribution in [3.8, 4) is 5.75 Å². The van der Waals surface area contributed by atoms with Crippen LogP contribution in [0.15, 0.2) is 28.9 Å². The van der Waals surface area contributed by atoms with Crippen LogP contribution in [0.2, 0.25) is 5.02 Å². The average Bonchev–Trinajstić information content (AvgIpc) is 2.95. The second-order valence-electron chi connectivity index (χ2n) is 4.43. The van der Waals surface area contributed by atoms with Crippen LogP contribution in [0.3, 0.4) is 0 Å². The van der Waals surface area contributed by atoms with Crippen LogP contribution in [-0.4, -0.2) is 6.61 Å². The summed E-state index contributed by atoms with van der Waals surface area (Å²) in [5, 5.41) is 0.749. The Morgan fingerprint density at radius 1 is 1.33 bits per heavy atom. The van der Waals surface area contributed by atoms with Crippen molar-refractivity contribution in [3.05, 3.63) is 51.9 Å². The largest absolute Gasteiger partial charge is 0.493 e. The molecular formula is C14H12BrClO2. The maximum absolute atomic E-state index is 6.17. The number of hydrogen-bond acceptors (Lipinski definition) is 2. The highest BCUT2D eigenvalue weighted by molar-refractivity contribution is 9.09. The summed E-state index contributed by atoms with van der Waals surface area (Å²) in [6, 6.07) is 5.95. The van der Waals surface area contributed by atoms with Crippen LogP contribution in [0.25, 0.3) is 0 Å². The van der Waals surface area contributed by atoms with Crippen LogP contribution in [0.1, 0.15) is 27.3 Å². The molecule has 1 unspecified atom stereocenters. The number of rotatable bonds is 2. The Kier molecular flexibility index (Phi) is 3.12. The van der Waals surface area contributed by atoms with E-state index in [0.29, 0.717) is 0 Å². The molecule has 0 fully saturated rings. The van der Waals surface area contributed by atoms with Gasteiger partial charge >= 0.3 is 0 Å². The standard InChI is InChI=1S/C14H12BrClO2/c1-8-4-10(7-18-8)13(15)12-6-11(16)5-9-2-3-17-14(9)12/h4-7,13H,2-3H2,1H3. The lowest BCUT2D eigenvalue weighted by atomic mass is 10.0. The molecule has 1 aliphatic heterocycles. The maximum Gasteiger partial charge on any atom is 0.127 e. The topological polar surface area (TPSA) is 22.4 Å². The third kappa shape index (κ3) is 2.06. The Balaban J connectivity index is 2.06. The van der Waals surface area contributed by atoms with Crippen LogP contribution < -0.4 is 4.74 Å². The summed E-state index contributed by atoms with van der Waals surface area (Å²) >= 11 is 9.86. The number of aryl methyl sites for hydroxylation is 1. The summed E-state index contributed by atoms with van der Waals surface area (Å²) in [7, 11) is 0. The fraction of sp³-hybridized carbons (Fsp3) is 0.286. The van der Waals surface area contributed by atoms with Crippen molar-refractivity contribution < 1.29 is 9.15 Å². The molecule has 2 nitrogen and oxygen atoms in total. The molecule has 0 saturated carbocycles. The molecule has 0 aliphatic carbocycles. The van der Waals surface area contributed by atoms with Crippen molar-refractivity contribution in [2.75, 3.05) is 6.61 Å². The van der Waals surface area contributed by atoms with Gasteiger partial charge in [0, 0.05) is 22.6 Å². The molecule has 2 aromatic rings. The third-order valence-corrected chi connectivity index (χ3v) is 4.33. The quantitative estimate of drug-likeness (QED) is 0.748. The van der Waals surface area contributed by atoms with Crippen LogP contribution in [0.5, 0.6) is 5.75 Å². The molecule has 18 heavy (non-hydrogen) atoms. The second-order valence-corrected chi connectivity index (χ2v) is 5.79. The van der Waals surface area contributed by atoms with E-state index in [9.17, 15) is 0 Å². The van der Waals surface area contributed by atoms with E-state index < -0.39 is 0 Å². The molecule has 1 atom stereocenters. The van der Waals surface area contributed by atoms with Crippen LogP contribution in [-0.2, 0) is 6.42 Å². The van der Waals surface area contributed by atoms with Crippen LogP contribution in [0, 0.1) is 6.92 Å². The molecule has 1 aromatic heterocycles. The zero-order chi connectivity index (χ0) is 12.7. The van der Waals surface area contributed by atoms with Gasteiger partial charge < -0.3 is 9.15 Å². The molecule has 0 N–H and O–H groups in total. The second kappa shape index (κ2) is 4.63. The molecule has 3 rings (SSSR count). The molecule has 2 heterocycles. The predicted molar refractivity (Wildman–Crippen MR) is 74.9 cm³/mol. The van der Waals surface area contributed by atoms with Crippen molar-refractivity contribution in [1.82, 2.24) is 0 Å². The number of alkyl halides is 1. The van der Waals surface area contributed by atoms with E-state index >= 15 is 0 Å². The fourth-order valence-electron chi connectivity index (χ4n) is 2.26. The highest BCUT2D eigenvalue weighted by Gasteiger charge is 2.23. The Morgan fingerprint density at radius 3 is 2.89 bits per heavy atom. The molecule has 4 heteroatoms. The number of fused-ring (bicyclic) bond motifs is 1. The number of benzene rings is 1. The Bertz CT molecular complexity index is 591. The minimum atomic E-state index is 0.0421. The van der Waals surface area contributed by atoms with Gasteiger partial charge in [-0.05, 0) is 30.7 Å². The SMILES string of the molecule is Cc1cc(C(Br)c2cc(Cl)cc3c2OCC3)co1. The smallest absolute Gasteiger partial charge is 0.127 e. The van der Waals surface area contributed by atoms with Gasteiger partial charge in [-0.15, -0.1) is 0 Å². The van der Waals surface area contributed by atoms with Gasteiger partial charge in [0.2, 0.25) is 0 Å². The van der Waals surface area contributed by atoms with Gasteiger partial charge in [0.25, 0.3) is 0 Å². The first-order chi connectivity index (χ1) is 8.65. The van der Waals surface area contributed by atoms with Crippen LogP contribution in [0.4, 0.5) is 0 Å². The third-order valence-electron chi connectivity index (χ3n) is 3.09. The van der Waals surface area contributed by atoms with Crippen LogP contribution >= 0.6 is 27.5 Å². The van der Waals surface area contributed by atoms with E-state index in [4.69, 9.17) is 20.8 Å². The lowest BCUT2D eigenvalue weighted by Gasteiger charge is -2.13. The molecule has 0 amide bonds. The molecule has 0 radical (unpaired) electrons. The van der Waals surface area contributed by atoms with Crippen molar-refractivity contribution in [2.24, 2.45) is 0 Å². The first kappa shape index (κ1) is 12.1. The zero-order valence-corrected chi connectivity index (χ0v) is 12.2. The molecule has 0 saturated heterocycles. The lowest BCUT2D eigenvalue weighted by Crippen LogP contribution is -1.96. The van der Waals surface area contributed by atoms with E-state index in [1.54, 1.807) is 6.26 Å². The highest BCUT2D eigenvalue weighted by Crippen LogP contribution is 2.42. The normalized spacial score (nSPS) is 15.3. The van der Waals surface area contributed by atoms with E-state index in [1.807, 2.05) is 25.1 Å². The van der Waals surface area contributed by atoms with Gasteiger partial charge in [-0.3, -0.25) is 0 Å². The van der Waals surface area contributed by atoms with Crippen molar-refractivity contribution in [3.63, 3.8) is 0 Å². The van der Waals surface area contributed by atoms with Gasteiger partial charge in [-0.25, -0.2) is 0 Å². The summed E-state index contributed by atoms with van der Waals surface area (Å²) in [5.41, 5.74) is 3.32. The van der Waals surface area contributed by atoms with Crippen molar-refractivity contribution in [1.29, 1.82) is 0 Å². The summed E-state index contributed by atoms with van der Waals surface area (Å²) in [4.78, 5) is 0.0421. The summed E-state index contributed by atoms with van der Waals surface area (Å²) in [6.07, 6.45) is 2.68. The molecule has 1 aromatic carbocycles. The van der Waals surface area contributed by atoms with E-state index in [-0.39, 0.29) is 4.83 Å². The molecule has 94 valence electrons. The fourth-order valence-corrected chi connectivity index (χ4v) is 3.09. The number of hydrogen-bond donors (Lipinski definition) is 0. The Labute approximate surface area is 119 Å². The monoisotopic (exact) mass is 326 g/mol. The minimum absolute atomic E-state index is 0.0421. The predicted octanol–water partition coefficient (Wildman–Crippen LogP) is 4.66. The Hall–Kier alpha value is -0.930. The Morgan fingerprint density at radius 2 is 2.17 bits per heavy atom. The molecule has 0 spiro atoms. The number of furan rings is 1. The van der Waals surface area contributed by atoms with E-state index in [2.05, 4.69) is 15.9 Å². The van der Waals surface area contributed by atoms with Crippen molar-refractivity contribution in [2.45, 2.75) is 18.2 Å². The maximum atomic E-state index is 6.17. The minimum Gasteiger partial charge on any atom is -0.493 e. The lowest BCUT2D eigenvalue weighted by molar-refractivity contribution is 0.354. The number of halogens is 2. The van der Waals surface area contributed by atoms with E-state index in [0.717, 1.165) is 40.7 Å². The average molecular weight is 328 g/mol. The van der Waals surface area contributed by atoms with Crippen molar-refractivity contribution >= 4 is 27.5 Å². The first-order valence-corrected chi connectivity index (χ1v) is 7.09. The van der Waals surface area contributed by atoms with E-state index in [1.165, 1.54) is 5.56 Å². The van der Waals surface area contributed by atoms with Gasteiger partial charge in [-0.2, -0.15) is 0 Å². The number of ether oxygens (including phenoxy) is 1. The summed E-state index contributed by atoms with van der Waals surface area (Å²) in [5.74, 6) is 1.86. The summed E-state index contributed by atoms with van der Waals surface area (Å²) in [6.45, 7) is 2.66. The molecule has 0 bridgehead atoms. The highest BCUT2D eigenvalue weighted by atomic mass is 79.9. The van der Waals surface area contributed by atoms with Gasteiger partial charge in [0.1, 0.15) is 11.5 Å². The van der Waals surface area contributed by atoms with Gasteiger partial charge in [0.15, 0.2) is 0 Å². The first-order valence-electron chi connectivity index (χ1n) is 5.79.